The van der Waals surface area contributed by atoms with Crippen molar-refractivity contribution in [3.8, 4) is 0 Å². The lowest BCUT2D eigenvalue weighted by molar-refractivity contribution is -0.133. The van der Waals surface area contributed by atoms with Crippen molar-refractivity contribution in [1.29, 1.82) is 0 Å². The van der Waals surface area contributed by atoms with Crippen LogP contribution >= 0.6 is 0 Å². The number of rotatable bonds is 4. The lowest BCUT2D eigenvalue weighted by Gasteiger charge is -2.33. The molecule has 1 aromatic carbocycles. The van der Waals surface area contributed by atoms with Crippen LogP contribution in [0.1, 0.15) is 38.7 Å². The second-order valence-electron chi connectivity index (χ2n) is 6.75. The second-order valence-corrected chi connectivity index (χ2v) is 6.75. The Labute approximate surface area is 137 Å². The molecule has 0 bridgehead atoms. The molecule has 1 aromatic rings. The predicted molar refractivity (Wildman–Crippen MR) is 88.6 cm³/mol. The van der Waals surface area contributed by atoms with Gasteiger partial charge >= 0.3 is 6.03 Å². The number of hydrogen-bond acceptors (Lipinski definition) is 3. The molecule has 124 valence electrons. The minimum Gasteiger partial charge on any atom is -0.319 e. The Morgan fingerprint density at radius 1 is 1.26 bits per heavy atom. The van der Waals surface area contributed by atoms with Crippen molar-refractivity contribution in [2.45, 2.75) is 38.6 Å². The summed E-state index contributed by atoms with van der Waals surface area (Å²) in [5.41, 5.74) is -0.0601. The zero-order chi connectivity index (χ0) is 16.4. The molecular formula is C18H25N3O2. The van der Waals surface area contributed by atoms with E-state index in [1.54, 1.807) is 0 Å². The standard InChI is InChI=1S/C18H25N3O2/c1-3-18(15-9-5-4-6-10-15)16(22)21(17(23)19-18)13-20-11-7-8-14(2)12-20/h4-6,9-10,14H,3,7-8,11-13H2,1-2H3,(H,19,23)/t14-,18+/m1/s1. The summed E-state index contributed by atoms with van der Waals surface area (Å²) >= 11 is 0. The number of carbonyl (C=O) groups is 2. The molecule has 0 aliphatic carbocycles. The fourth-order valence-electron chi connectivity index (χ4n) is 3.73. The van der Waals surface area contributed by atoms with Crippen LogP contribution < -0.4 is 5.32 Å². The molecule has 0 radical (unpaired) electrons. The van der Waals surface area contributed by atoms with Gasteiger partial charge in [0.25, 0.3) is 5.91 Å². The predicted octanol–water partition coefficient (Wildman–Crippen LogP) is 2.53. The van der Waals surface area contributed by atoms with Gasteiger partial charge in [-0.3, -0.25) is 9.69 Å². The summed E-state index contributed by atoms with van der Waals surface area (Å²) in [6.07, 6.45) is 2.90. The Morgan fingerprint density at radius 2 is 2.00 bits per heavy atom. The largest absolute Gasteiger partial charge is 0.326 e. The summed E-state index contributed by atoms with van der Waals surface area (Å²) < 4.78 is 0. The van der Waals surface area contributed by atoms with Gasteiger partial charge in [-0.05, 0) is 37.3 Å². The zero-order valence-corrected chi connectivity index (χ0v) is 13.9. The SMILES string of the molecule is CC[C@@]1(c2ccccc2)NC(=O)N(CN2CCC[C@@H](C)C2)C1=O. The van der Waals surface area contributed by atoms with E-state index >= 15 is 0 Å². The average Bonchev–Trinajstić information content (AvgIpc) is 2.81. The van der Waals surface area contributed by atoms with E-state index in [2.05, 4.69) is 17.1 Å². The second kappa shape index (κ2) is 6.32. The van der Waals surface area contributed by atoms with Crippen LogP contribution in [0.3, 0.4) is 0 Å². The molecule has 2 aliphatic rings. The summed E-state index contributed by atoms with van der Waals surface area (Å²) in [6.45, 7) is 6.45. The molecule has 3 rings (SSSR count). The maximum atomic E-state index is 13.0. The van der Waals surface area contributed by atoms with Gasteiger partial charge in [-0.2, -0.15) is 0 Å². The van der Waals surface area contributed by atoms with Crippen molar-refractivity contribution >= 4 is 11.9 Å². The molecule has 3 amide bonds. The van der Waals surface area contributed by atoms with Crippen molar-refractivity contribution in [3.63, 3.8) is 0 Å². The summed E-state index contributed by atoms with van der Waals surface area (Å²) in [6, 6.07) is 9.27. The number of benzene rings is 1. The fourth-order valence-corrected chi connectivity index (χ4v) is 3.73. The van der Waals surface area contributed by atoms with Crippen LogP contribution in [0, 0.1) is 5.92 Å². The van der Waals surface area contributed by atoms with E-state index in [-0.39, 0.29) is 11.9 Å². The number of nitrogens with one attached hydrogen (secondary N) is 1. The molecule has 1 N–H and O–H groups in total. The Morgan fingerprint density at radius 3 is 2.65 bits per heavy atom. The summed E-state index contributed by atoms with van der Waals surface area (Å²) in [5, 5.41) is 2.94. The number of likely N-dealkylation sites (tertiary alicyclic amines) is 1. The van der Waals surface area contributed by atoms with Crippen molar-refractivity contribution in [2.24, 2.45) is 5.92 Å². The van der Waals surface area contributed by atoms with E-state index in [9.17, 15) is 9.59 Å². The van der Waals surface area contributed by atoms with Gasteiger partial charge < -0.3 is 5.32 Å². The monoisotopic (exact) mass is 315 g/mol. The quantitative estimate of drug-likeness (QED) is 0.869. The third kappa shape index (κ3) is 2.85. The summed E-state index contributed by atoms with van der Waals surface area (Å²) in [7, 11) is 0. The van der Waals surface area contributed by atoms with Gasteiger partial charge in [0.05, 0.1) is 6.67 Å². The van der Waals surface area contributed by atoms with Gasteiger partial charge in [-0.1, -0.05) is 44.2 Å². The van der Waals surface area contributed by atoms with E-state index in [1.807, 2.05) is 37.3 Å². The third-order valence-corrected chi connectivity index (χ3v) is 5.06. The number of imide groups is 1. The highest BCUT2D eigenvalue weighted by Crippen LogP contribution is 2.32. The van der Waals surface area contributed by atoms with Crippen molar-refractivity contribution in [2.75, 3.05) is 19.8 Å². The lowest BCUT2D eigenvalue weighted by atomic mass is 9.87. The summed E-state index contributed by atoms with van der Waals surface area (Å²) in [4.78, 5) is 29.1. The van der Waals surface area contributed by atoms with Crippen molar-refractivity contribution < 1.29 is 9.59 Å². The van der Waals surface area contributed by atoms with E-state index in [0.717, 1.165) is 25.1 Å². The van der Waals surface area contributed by atoms with Gasteiger partial charge in [0.15, 0.2) is 0 Å². The van der Waals surface area contributed by atoms with Crippen LogP contribution in [0.15, 0.2) is 30.3 Å². The van der Waals surface area contributed by atoms with Gasteiger partial charge in [0.1, 0.15) is 5.54 Å². The normalized spacial score (nSPS) is 29.0. The van der Waals surface area contributed by atoms with Crippen LogP contribution in [-0.4, -0.2) is 41.5 Å². The maximum absolute atomic E-state index is 13.0. The Bertz CT molecular complexity index is 589. The van der Waals surface area contributed by atoms with E-state index in [0.29, 0.717) is 19.0 Å². The maximum Gasteiger partial charge on any atom is 0.326 e. The molecule has 2 atom stereocenters. The molecule has 0 spiro atoms. The number of carbonyl (C=O) groups excluding carboxylic acids is 2. The minimum absolute atomic E-state index is 0.130. The Balaban J connectivity index is 1.81. The van der Waals surface area contributed by atoms with Crippen LogP contribution in [-0.2, 0) is 10.3 Å². The topological polar surface area (TPSA) is 52.7 Å². The van der Waals surface area contributed by atoms with E-state index in [4.69, 9.17) is 0 Å². The van der Waals surface area contributed by atoms with Crippen LogP contribution in [0.2, 0.25) is 0 Å². The molecule has 2 heterocycles. The zero-order valence-electron chi connectivity index (χ0n) is 13.9. The molecule has 0 saturated carbocycles. The summed E-state index contributed by atoms with van der Waals surface area (Å²) in [5.74, 6) is 0.490. The Hall–Kier alpha value is -1.88. The minimum atomic E-state index is -0.917. The molecule has 2 aliphatic heterocycles. The molecular weight excluding hydrogens is 290 g/mol. The first-order chi connectivity index (χ1) is 11.1. The average molecular weight is 315 g/mol. The molecule has 2 fully saturated rings. The first-order valence-electron chi connectivity index (χ1n) is 8.49. The molecule has 23 heavy (non-hydrogen) atoms. The van der Waals surface area contributed by atoms with Crippen molar-refractivity contribution in [3.05, 3.63) is 35.9 Å². The van der Waals surface area contributed by atoms with Crippen LogP contribution in [0.5, 0.6) is 0 Å². The van der Waals surface area contributed by atoms with Crippen LogP contribution in [0.4, 0.5) is 4.79 Å². The number of hydrogen-bond donors (Lipinski definition) is 1. The first-order valence-corrected chi connectivity index (χ1v) is 8.49. The van der Waals surface area contributed by atoms with Gasteiger partial charge in [-0.15, -0.1) is 0 Å². The highest BCUT2D eigenvalue weighted by atomic mass is 16.2. The molecule has 0 unspecified atom stereocenters. The van der Waals surface area contributed by atoms with Crippen LogP contribution in [0.25, 0.3) is 0 Å². The molecule has 5 nitrogen and oxygen atoms in total. The molecule has 0 aromatic heterocycles. The Kier molecular flexibility index (Phi) is 4.39. The first kappa shape index (κ1) is 16.0. The highest BCUT2D eigenvalue weighted by molar-refractivity contribution is 6.07. The van der Waals surface area contributed by atoms with E-state index < -0.39 is 5.54 Å². The molecule has 5 heteroatoms. The van der Waals surface area contributed by atoms with Crippen molar-refractivity contribution in [1.82, 2.24) is 15.1 Å². The third-order valence-electron chi connectivity index (χ3n) is 5.06. The number of urea groups is 1. The number of nitrogens with zero attached hydrogens (tertiary/aromatic N) is 2. The van der Waals surface area contributed by atoms with Gasteiger partial charge in [-0.25, -0.2) is 9.69 Å². The fraction of sp³-hybridized carbons (Fsp3) is 0.556. The number of piperidine rings is 1. The smallest absolute Gasteiger partial charge is 0.319 e. The lowest BCUT2D eigenvalue weighted by Crippen LogP contribution is -2.47. The van der Waals surface area contributed by atoms with Gasteiger partial charge in [0, 0.05) is 6.54 Å². The van der Waals surface area contributed by atoms with E-state index in [1.165, 1.54) is 11.3 Å². The highest BCUT2D eigenvalue weighted by Gasteiger charge is 2.51. The van der Waals surface area contributed by atoms with Gasteiger partial charge in [0.2, 0.25) is 0 Å². The molecule has 2 saturated heterocycles. The number of amides is 3.